The molecule has 2 atom stereocenters. The van der Waals surface area contributed by atoms with Crippen LogP contribution < -0.4 is 11.5 Å². The van der Waals surface area contributed by atoms with Crippen molar-refractivity contribution >= 4 is 11.8 Å². The van der Waals surface area contributed by atoms with Gasteiger partial charge in [0.05, 0.1) is 6.10 Å². The number of rotatable bonds is 6. The third-order valence-corrected chi connectivity index (χ3v) is 2.44. The molecule has 11 heavy (non-hydrogen) atoms. The van der Waals surface area contributed by atoms with E-state index in [0.29, 0.717) is 6.54 Å². The average Bonchev–Trinajstić information content (AvgIpc) is 1.97. The van der Waals surface area contributed by atoms with Crippen molar-refractivity contribution in [3.8, 4) is 0 Å². The number of aliphatic hydroxyl groups is 1. The van der Waals surface area contributed by atoms with E-state index >= 15 is 0 Å². The number of nitrogens with two attached hydrogens (primary N) is 2. The van der Waals surface area contributed by atoms with E-state index in [1.165, 1.54) is 0 Å². The van der Waals surface area contributed by atoms with Gasteiger partial charge in [-0.05, 0) is 19.1 Å². The molecule has 0 saturated carbocycles. The predicted molar refractivity (Wildman–Crippen MR) is 50.7 cm³/mol. The summed E-state index contributed by atoms with van der Waals surface area (Å²) in [6.07, 6.45) is 0.648. The van der Waals surface area contributed by atoms with Crippen molar-refractivity contribution in [2.24, 2.45) is 11.5 Å². The zero-order chi connectivity index (χ0) is 8.69. The summed E-state index contributed by atoms with van der Waals surface area (Å²) < 4.78 is 0. The van der Waals surface area contributed by atoms with Crippen molar-refractivity contribution in [3.63, 3.8) is 0 Å². The summed E-state index contributed by atoms with van der Waals surface area (Å²) in [7, 11) is 0. The Morgan fingerprint density at radius 2 is 2.18 bits per heavy atom. The highest BCUT2D eigenvalue weighted by Crippen LogP contribution is 2.05. The van der Waals surface area contributed by atoms with Gasteiger partial charge in [-0.3, -0.25) is 0 Å². The van der Waals surface area contributed by atoms with Gasteiger partial charge in [0.2, 0.25) is 0 Å². The van der Waals surface area contributed by atoms with Crippen LogP contribution in [-0.4, -0.2) is 35.3 Å². The summed E-state index contributed by atoms with van der Waals surface area (Å²) in [4.78, 5) is 0. The van der Waals surface area contributed by atoms with Crippen molar-refractivity contribution < 1.29 is 5.11 Å². The Balaban J connectivity index is 3.01. The second-order valence-electron chi connectivity index (χ2n) is 2.73. The second kappa shape index (κ2) is 6.91. The first kappa shape index (κ1) is 11.2. The molecule has 0 saturated heterocycles. The topological polar surface area (TPSA) is 72.3 Å². The minimum atomic E-state index is -0.354. The molecule has 0 aliphatic heterocycles. The molecule has 0 aliphatic carbocycles. The molecule has 0 rings (SSSR count). The summed E-state index contributed by atoms with van der Waals surface area (Å²) in [6.45, 7) is 2.34. The molecule has 0 radical (unpaired) electrons. The summed E-state index contributed by atoms with van der Waals surface area (Å²) in [5.74, 6) is 1.73. The first-order valence-electron chi connectivity index (χ1n) is 3.88. The van der Waals surface area contributed by atoms with E-state index in [1.54, 1.807) is 11.8 Å². The molecule has 3 nitrogen and oxygen atoms in total. The van der Waals surface area contributed by atoms with Gasteiger partial charge in [0.15, 0.2) is 0 Å². The van der Waals surface area contributed by atoms with E-state index in [9.17, 15) is 0 Å². The lowest BCUT2D eigenvalue weighted by atomic mass is 10.3. The first-order valence-corrected chi connectivity index (χ1v) is 5.03. The lowest BCUT2D eigenvalue weighted by molar-refractivity contribution is 0.208. The lowest BCUT2D eigenvalue weighted by Crippen LogP contribution is -2.22. The van der Waals surface area contributed by atoms with Gasteiger partial charge in [-0.25, -0.2) is 0 Å². The minimum Gasteiger partial charge on any atom is -0.391 e. The SMILES string of the molecule is CC(N)CCSCC(O)CN. The van der Waals surface area contributed by atoms with E-state index in [2.05, 4.69) is 0 Å². The van der Waals surface area contributed by atoms with Crippen LogP contribution in [0.15, 0.2) is 0 Å². The van der Waals surface area contributed by atoms with E-state index in [-0.39, 0.29) is 12.1 Å². The molecule has 0 aromatic carbocycles. The molecule has 0 bridgehead atoms. The Hall–Kier alpha value is 0.230. The molecule has 0 aliphatic rings. The highest BCUT2D eigenvalue weighted by molar-refractivity contribution is 7.99. The zero-order valence-electron chi connectivity index (χ0n) is 6.99. The third kappa shape index (κ3) is 8.13. The van der Waals surface area contributed by atoms with Crippen LogP contribution in [0.5, 0.6) is 0 Å². The molecule has 0 aromatic heterocycles. The zero-order valence-corrected chi connectivity index (χ0v) is 7.81. The van der Waals surface area contributed by atoms with Crippen molar-refractivity contribution in [2.75, 3.05) is 18.1 Å². The van der Waals surface area contributed by atoms with Crippen molar-refractivity contribution in [1.29, 1.82) is 0 Å². The van der Waals surface area contributed by atoms with Gasteiger partial charge >= 0.3 is 0 Å². The fourth-order valence-electron chi connectivity index (χ4n) is 0.557. The van der Waals surface area contributed by atoms with E-state index < -0.39 is 0 Å². The summed E-state index contributed by atoms with van der Waals surface area (Å²) in [5.41, 5.74) is 10.8. The molecule has 2 unspecified atom stereocenters. The normalized spacial score (nSPS) is 16.4. The number of aliphatic hydroxyl groups excluding tert-OH is 1. The van der Waals surface area contributed by atoms with Crippen molar-refractivity contribution in [2.45, 2.75) is 25.5 Å². The minimum absolute atomic E-state index is 0.262. The van der Waals surface area contributed by atoms with E-state index in [4.69, 9.17) is 16.6 Å². The fourth-order valence-corrected chi connectivity index (χ4v) is 1.67. The van der Waals surface area contributed by atoms with Crippen LogP contribution in [0.3, 0.4) is 0 Å². The van der Waals surface area contributed by atoms with Gasteiger partial charge in [0.25, 0.3) is 0 Å². The Morgan fingerprint density at radius 1 is 1.55 bits per heavy atom. The van der Waals surface area contributed by atoms with Crippen LogP contribution in [0.2, 0.25) is 0 Å². The van der Waals surface area contributed by atoms with E-state index in [0.717, 1.165) is 17.9 Å². The average molecular weight is 178 g/mol. The number of hydrogen-bond acceptors (Lipinski definition) is 4. The molecule has 68 valence electrons. The number of hydrogen-bond donors (Lipinski definition) is 3. The largest absolute Gasteiger partial charge is 0.391 e. The van der Waals surface area contributed by atoms with Gasteiger partial charge in [0.1, 0.15) is 0 Å². The lowest BCUT2D eigenvalue weighted by Gasteiger charge is -2.07. The number of thioether (sulfide) groups is 1. The van der Waals surface area contributed by atoms with Gasteiger partial charge in [0, 0.05) is 18.3 Å². The molecule has 5 N–H and O–H groups in total. The van der Waals surface area contributed by atoms with Gasteiger partial charge < -0.3 is 16.6 Å². The Morgan fingerprint density at radius 3 is 2.64 bits per heavy atom. The second-order valence-corrected chi connectivity index (χ2v) is 3.88. The standard InChI is InChI=1S/C7H18N2OS/c1-6(9)2-3-11-5-7(10)4-8/h6-7,10H,2-5,8-9H2,1H3. The Kier molecular flexibility index (Phi) is 7.06. The highest BCUT2D eigenvalue weighted by Gasteiger charge is 2.00. The molecular formula is C7H18N2OS. The molecule has 0 fully saturated rings. The smallest absolute Gasteiger partial charge is 0.0752 e. The molecule has 0 heterocycles. The quantitative estimate of drug-likeness (QED) is 0.492. The monoisotopic (exact) mass is 178 g/mol. The Bertz CT molecular complexity index is 90.5. The third-order valence-electron chi connectivity index (χ3n) is 1.30. The van der Waals surface area contributed by atoms with Gasteiger partial charge in [-0.1, -0.05) is 0 Å². The van der Waals surface area contributed by atoms with Crippen LogP contribution in [0, 0.1) is 0 Å². The van der Waals surface area contributed by atoms with Crippen LogP contribution in [-0.2, 0) is 0 Å². The van der Waals surface area contributed by atoms with Crippen LogP contribution in [0.25, 0.3) is 0 Å². The summed E-state index contributed by atoms with van der Waals surface area (Å²) >= 11 is 1.70. The molecule has 0 spiro atoms. The maximum Gasteiger partial charge on any atom is 0.0752 e. The molecule has 0 amide bonds. The molecule has 4 heteroatoms. The molecule has 0 aromatic rings. The highest BCUT2D eigenvalue weighted by atomic mass is 32.2. The predicted octanol–water partition coefficient (Wildman–Crippen LogP) is -0.223. The van der Waals surface area contributed by atoms with E-state index in [1.807, 2.05) is 6.92 Å². The maximum atomic E-state index is 9.05. The van der Waals surface area contributed by atoms with Crippen LogP contribution >= 0.6 is 11.8 Å². The first-order chi connectivity index (χ1) is 5.16. The van der Waals surface area contributed by atoms with Crippen molar-refractivity contribution in [1.82, 2.24) is 0 Å². The Labute approximate surface area is 72.5 Å². The van der Waals surface area contributed by atoms with Crippen LogP contribution in [0.1, 0.15) is 13.3 Å². The van der Waals surface area contributed by atoms with Gasteiger partial charge in [-0.15, -0.1) is 0 Å². The summed E-state index contributed by atoms with van der Waals surface area (Å²) in [5, 5.41) is 9.05. The van der Waals surface area contributed by atoms with Gasteiger partial charge in [-0.2, -0.15) is 11.8 Å². The maximum absolute atomic E-state index is 9.05. The summed E-state index contributed by atoms with van der Waals surface area (Å²) in [6, 6.07) is 0.262. The van der Waals surface area contributed by atoms with Crippen LogP contribution in [0.4, 0.5) is 0 Å². The van der Waals surface area contributed by atoms with Crippen molar-refractivity contribution in [3.05, 3.63) is 0 Å². The fraction of sp³-hybridized carbons (Fsp3) is 1.00. The molecular weight excluding hydrogens is 160 g/mol.